The molecular formula is C14H22IN3O. The van der Waals surface area contributed by atoms with Crippen LogP contribution < -0.4 is 5.32 Å². The molecule has 1 aromatic heterocycles. The largest absolute Gasteiger partial charge is 0.371 e. The van der Waals surface area contributed by atoms with Crippen LogP contribution in [-0.4, -0.2) is 23.6 Å². The molecule has 5 heteroatoms. The summed E-state index contributed by atoms with van der Waals surface area (Å²) in [4.78, 5) is 9.50. The van der Waals surface area contributed by atoms with Crippen LogP contribution >= 0.6 is 22.6 Å². The van der Waals surface area contributed by atoms with E-state index in [1.54, 1.807) is 7.11 Å². The van der Waals surface area contributed by atoms with Crippen LogP contribution in [0, 0.1) is 3.57 Å². The Morgan fingerprint density at radius 2 is 2.05 bits per heavy atom. The molecule has 1 aliphatic carbocycles. The molecule has 0 saturated heterocycles. The van der Waals surface area contributed by atoms with Crippen molar-refractivity contribution in [1.82, 2.24) is 9.97 Å². The number of methoxy groups -OCH3 is 1. The molecular weight excluding hydrogens is 353 g/mol. The van der Waals surface area contributed by atoms with Crippen LogP contribution in [0.25, 0.3) is 0 Å². The normalized spacial score (nSPS) is 18.2. The van der Waals surface area contributed by atoms with Gasteiger partial charge in [-0.2, -0.15) is 0 Å². The van der Waals surface area contributed by atoms with Gasteiger partial charge >= 0.3 is 0 Å². The molecule has 1 aliphatic rings. The Hall–Kier alpha value is -0.430. The van der Waals surface area contributed by atoms with E-state index in [4.69, 9.17) is 14.7 Å². The van der Waals surface area contributed by atoms with E-state index >= 15 is 0 Å². The van der Waals surface area contributed by atoms with Crippen molar-refractivity contribution in [3.8, 4) is 0 Å². The molecule has 1 atom stereocenters. The van der Waals surface area contributed by atoms with Crippen LogP contribution in [0.15, 0.2) is 0 Å². The zero-order valence-electron chi connectivity index (χ0n) is 12.1. The highest BCUT2D eigenvalue weighted by atomic mass is 127. The van der Waals surface area contributed by atoms with Gasteiger partial charge in [0.05, 0.1) is 9.26 Å². The van der Waals surface area contributed by atoms with E-state index in [0.29, 0.717) is 5.92 Å². The van der Waals surface area contributed by atoms with Gasteiger partial charge in [-0.15, -0.1) is 0 Å². The van der Waals surface area contributed by atoms with E-state index in [2.05, 4.69) is 48.7 Å². The molecule has 19 heavy (non-hydrogen) atoms. The lowest BCUT2D eigenvalue weighted by Crippen LogP contribution is -2.27. The van der Waals surface area contributed by atoms with Crippen molar-refractivity contribution in [3.05, 3.63) is 15.1 Å². The maximum Gasteiger partial charge on any atom is 0.162 e. The third-order valence-electron chi connectivity index (χ3n) is 3.78. The average molecular weight is 375 g/mol. The summed E-state index contributed by atoms with van der Waals surface area (Å²) in [5, 5.41) is 3.35. The summed E-state index contributed by atoms with van der Waals surface area (Å²) in [6.45, 7) is 7.12. The van der Waals surface area contributed by atoms with E-state index in [9.17, 15) is 0 Å². The molecule has 1 unspecified atom stereocenters. The van der Waals surface area contributed by atoms with Crippen molar-refractivity contribution in [2.24, 2.45) is 0 Å². The Bertz CT molecular complexity index is 456. The van der Waals surface area contributed by atoms with Gasteiger partial charge in [0, 0.05) is 19.6 Å². The van der Waals surface area contributed by atoms with E-state index in [1.807, 2.05) is 0 Å². The van der Waals surface area contributed by atoms with Gasteiger partial charge in [-0.1, -0.05) is 6.92 Å². The molecule has 0 aliphatic heterocycles. The minimum atomic E-state index is -0.405. The second-order valence-corrected chi connectivity index (χ2v) is 6.27. The predicted octanol–water partition coefficient (Wildman–Crippen LogP) is 3.66. The third kappa shape index (κ3) is 3.02. The Labute approximate surface area is 128 Å². The number of anilines is 1. The number of nitrogens with one attached hydrogen (secondary N) is 1. The van der Waals surface area contributed by atoms with E-state index in [-0.39, 0.29) is 0 Å². The molecule has 1 saturated carbocycles. The molecule has 0 aromatic carbocycles. The van der Waals surface area contributed by atoms with E-state index < -0.39 is 5.60 Å². The maximum absolute atomic E-state index is 5.65. The van der Waals surface area contributed by atoms with Gasteiger partial charge in [0.1, 0.15) is 11.4 Å². The molecule has 106 valence electrons. The van der Waals surface area contributed by atoms with Crippen molar-refractivity contribution >= 4 is 28.4 Å². The first-order valence-electron chi connectivity index (χ1n) is 6.92. The fourth-order valence-corrected chi connectivity index (χ4v) is 2.88. The number of rotatable bonds is 6. The number of aromatic nitrogens is 2. The van der Waals surface area contributed by atoms with Gasteiger partial charge in [-0.05, 0) is 55.7 Å². The summed E-state index contributed by atoms with van der Waals surface area (Å²) in [6, 6.07) is 0. The number of hydrogen-bond donors (Lipinski definition) is 1. The highest BCUT2D eigenvalue weighted by Crippen LogP contribution is 2.43. The fourth-order valence-electron chi connectivity index (χ4n) is 2.01. The van der Waals surface area contributed by atoms with Gasteiger partial charge in [0.15, 0.2) is 5.82 Å². The zero-order chi connectivity index (χ0) is 14.0. The first-order chi connectivity index (χ1) is 9.05. The van der Waals surface area contributed by atoms with Crippen LogP contribution in [0.3, 0.4) is 0 Å². The number of nitrogens with zero attached hydrogens (tertiary/aromatic N) is 2. The first kappa shape index (κ1) is 15.0. The minimum Gasteiger partial charge on any atom is -0.371 e. The fraction of sp³-hybridized carbons (Fsp3) is 0.714. The molecule has 0 amide bonds. The minimum absolute atomic E-state index is 0.405. The van der Waals surface area contributed by atoms with Crippen LogP contribution in [0.1, 0.15) is 57.5 Å². The summed E-state index contributed by atoms with van der Waals surface area (Å²) in [5.41, 5.74) is 0.788. The number of hydrogen-bond acceptors (Lipinski definition) is 4. The Morgan fingerprint density at radius 3 is 2.53 bits per heavy atom. The van der Waals surface area contributed by atoms with Crippen molar-refractivity contribution in [2.45, 2.75) is 51.6 Å². The average Bonchev–Trinajstić information content (AvgIpc) is 3.24. The van der Waals surface area contributed by atoms with Crippen molar-refractivity contribution in [3.63, 3.8) is 0 Å². The molecule has 1 N–H and O–H groups in total. The summed E-state index contributed by atoms with van der Waals surface area (Å²) < 4.78 is 6.81. The Morgan fingerprint density at radius 1 is 1.37 bits per heavy atom. The first-order valence-corrected chi connectivity index (χ1v) is 8.00. The molecule has 4 nitrogen and oxygen atoms in total. The quantitative estimate of drug-likeness (QED) is 0.771. The molecule has 0 bridgehead atoms. The predicted molar refractivity (Wildman–Crippen MR) is 85.5 cm³/mol. The van der Waals surface area contributed by atoms with Gasteiger partial charge in [-0.3, -0.25) is 0 Å². The molecule has 1 heterocycles. The smallest absolute Gasteiger partial charge is 0.162 e. The summed E-state index contributed by atoms with van der Waals surface area (Å²) in [7, 11) is 1.73. The lowest BCUT2D eigenvalue weighted by Gasteiger charge is -2.26. The Balaban J connectivity index is 2.49. The summed E-state index contributed by atoms with van der Waals surface area (Å²) in [6.07, 6.45) is 3.35. The van der Waals surface area contributed by atoms with Crippen molar-refractivity contribution in [2.75, 3.05) is 19.0 Å². The van der Waals surface area contributed by atoms with Crippen molar-refractivity contribution < 1.29 is 4.74 Å². The van der Waals surface area contributed by atoms with Crippen LogP contribution in [0.5, 0.6) is 0 Å². The molecule has 0 spiro atoms. The third-order valence-corrected chi connectivity index (χ3v) is 4.85. The monoisotopic (exact) mass is 375 g/mol. The van der Waals surface area contributed by atoms with Gasteiger partial charge in [0.25, 0.3) is 0 Å². The van der Waals surface area contributed by atoms with Crippen molar-refractivity contribution in [1.29, 1.82) is 0 Å². The van der Waals surface area contributed by atoms with Gasteiger partial charge < -0.3 is 10.1 Å². The second-order valence-electron chi connectivity index (χ2n) is 5.19. The van der Waals surface area contributed by atoms with Crippen LogP contribution in [0.2, 0.25) is 0 Å². The number of halogens is 1. The SMILES string of the molecule is CCNc1nc(C(C)(CC)OC)nc(C2CC2)c1I. The van der Waals surface area contributed by atoms with E-state index in [0.717, 1.165) is 24.6 Å². The molecule has 2 rings (SSSR count). The van der Waals surface area contributed by atoms with Gasteiger partial charge in [0.2, 0.25) is 0 Å². The van der Waals surface area contributed by atoms with Crippen LogP contribution in [-0.2, 0) is 10.3 Å². The number of ether oxygens (including phenoxy) is 1. The Kier molecular flexibility index (Phi) is 4.66. The topological polar surface area (TPSA) is 47.0 Å². The highest BCUT2D eigenvalue weighted by Gasteiger charge is 2.34. The lowest BCUT2D eigenvalue weighted by molar-refractivity contribution is -0.00907. The van der Waals surface area contributed by atoms with Gasteiger partial charge in [-0.25, -0.2) is 9.97 Å². The van der Waals surface area contributed by atoms with E-state index in [1.165, 1.54) is 22.1 Å². The molecule has 1 aromatic rings. The summed E-state index contributed by atoms with van der Waals surface area (Å²) >= 11 is 2.36. The highest BCUT2D eigenvalue weighted by molar-refractivity contribution is 14.1. The standard InChI is InChI=1S/C14H22IN3O/c1-5-14(3,19-4)13-17-11(9-7-8-9)10(15)12(18-13)16-6-2/h9H,5-8H2,1-4H3,(H,16,17,18). The summed E-state index contributed by atoms with van der Waals surface area (Å²) in [5.74, 6) is 2.37. The zero-order valence-corrected chi connectivity index (χ0v) is 14.2. The molecule has 0 radical (unpaired) electrons. The van der Waals surface area contributed by atoms with Crippen LogP contribution in [0.4, 0.5) is 5.82 Å². The molecule has 1 fully saturated rings. The lowest BCUT2D eigenvalue weighted by atomic mass is 10.0. The maximum atomic E-state index is 5.65. The second kappa shape index (κ2) is 5.91.